The van der Waals surface area contributed by atoms with Gasteiger partial charge in [-0.1, -0.05) is 41.1 Å². The molecule has 0 bridgehead atoms. The van der Waals surface area contributed by atoms with Crippen molar-refractivity contribution in [3.05, 3.63) is 56.7 Å². The number of hydrogen-bond acceptors (Lipinski definition) is 3. The van der Waals surface area contributed by atoms with Crippen LogP contribution in [0.4, 0.5) is 0 Å². The van der Waals surface area contributed by atoms with Crippen LogP contribution in [0.25, 0.3) is 0 Å². The van der Waals surface area contributed by atoms with Crippen LogP contribution in [-0.2, 0) is 6.54 Å². The molecule has 0 radical (unpaired) electrons. The third-order valence-electron chi connectivity index (χ3n) is 3.76. The maximum atomic E-state index is 3.50. The number of nitrogens with one attached hydrogen (secondary N) is 1. The van der Waals surface area contributed by atoms with Crippen molar-refractivity contribution in [2.75, 3.05) is 20.1 Å². The molecule has 1 heterocycles. The van der Waals surface area contributed by atoms with Crippen molar-refractivity contribution in [2.24, 2.45) is 0 Å². The molecule has 1 aromatic heterocycles. The Morgan fingerprint density at radius 3 is 2.57 bits per heavy atom. The lowest BCUT2D eigenvalue weighted by atomic mass is 10.0. The number of benzene rings is 1. The van der Waals surface area contributed by atoms with E-state index in [2.05, 4.69) is 74.8 Å². The highest BCUT2D eigenvalue weighted by Crippen LogP contribution is 2.20. The Balaban J connectivity index is 1.90. The fraction of sp³-hybridized carbons (Fsp3) is 0.412. The molecule has 1 atom stereocenters. The summed E-state index contributed by atoms with van der Waals surface area (Å²) >= 11 is 5.34. The molecular formula is C17H23BrN2S. The Morgan fingerprint density at radius 2 is 2.00 bits per heavy atom. The maximum Gasteiger partial charge on any atom is 0.0329 e. The second-order valence-electron chi connectivity index (χ2n) is 5.13. The van der Waals surface area contributed by atoms with Crippen molar-refractivity contribution >= 4 is 27.3 Å². The van der Waals surface area contributed by atoms with Crippen LogP contribution in [-0.4, -0.2) is 25.0 Å². The molecular weight excluding hydrogens is 344 g/mol. The zero-order valence-corrected chi connectivity index (χ0v) is 15.1. The zero-order chi connectivity index (χ0) is 15.1. The number of hydrogen-bond donors (Lipinski definition) is 1. The first-order chi connectivity index (χ1) is 10.2. The van der Waals surface area contributed by atoms with Crippen LogP contribution in [0.1, 0.15) is 29.8 Å². The van der Waals surface area contributed by atoms with Gasteiger partial charge < -0.3 is 5.32 Å². The summed E-state index contributed by atoms with van der Waals surface area (Å²) in [4.78, 5) is 3.95. The summed E-state index contributed by atoms with van der Waals surface area (Å²) in [5, 5.41) is 5.59. The molecule has 1 unspecified atom stereocenters. The predicted octanol–water partition coefficient (Wildman–Crippen LogP) is 4.68. The molecule has 0 fully saturated rings. The third-order valence-corrected chi connectivity index (χ3v) is 5.15. The van der Waals surface area contributed by atoms with E-state index in [9.17, 15) is 0 Å². The van der Waals surface area contributed by atoms with Gasteiger partial charge in [0, 0.05) is 28.5 Å². The van der Waals surface area contributed by atoms with Crippen LogP contribution in [0, 0.1) is 0 Å². The molecule has 21 heavy (non-hydrogen) atoms. The van der Waals surface area contributed by atoms with E-state index in [1.807, 2.05) is 18.4 Å². The van der Waals surface area contributed by atoms with Crippen LogP contribution < -0.4 is 5.32 Å². The fourth-order valence-electron chi connectivity index (χ4n) is 2.46. The number of thiophene rings is 1. The van der Waals surface area contributed by atoms with Crippen molar-refractivity contribution < 1.29 is 0 Å². The smallest absolute Gasteiger partial charge is 0.0329 e. The van der Waals surface area contributed by atoms with Gasteiger partial charge >= 0.3 is 0 Å². The molecule has 1 aromatic carbocycles. The highest BCUT2D eigenvalue weighted by molar-refractivity contribution is 9.10. The van der Waals surface area contributed by atoms with Crippen LogP contribution in [0.3, 0.4) is 0 Å². The van der Waals surface area contributed by atoms with Gasteiger partial charge in [-0.3, -0.25) is 4.90 Å². The zero-order valence-electron chi connectivity index (χ0n) is 12.7. The molecule has 0 saturated heterocycles. The van der Waals surface area contributed by atoms with E-state index in [0.717, 1.165) is 30.5 Å². The first kappa shape index (κ1) is 16.7. The summed E-state index contributed by atoms with van der Waals surface area (Å²) in [7, 11) is 2.04. The molecule has 0 saturated carbocycles. The highest BCUT2D eigenvalue weighted by Gasteiger charge is 2.12. The quantitative estimate of drug-likeness (QED) is 0.729. The molecule has 0 aliphatic rings. The van der Waals surface area contributed by atoms with E-state index in [0.29, 0.717) is 6.04 Å². The van der Waals surface area contributed by atoms with Gasteiger partial charge in [-0.05, 0) is 49.2 Å². The summed E-state index contributed by atoms with van der Waals surface area (Å²) in [6.45, 7) is 5.50. The van der Waals surface area contributed by atoms with Gasteiger partial charge in [0.1, 0.15) is 0 Å². The van der Waals surface area contributed by atoms with Gasteiger partial charge in [-0.25, -0.2) is 0 Å². The number of nitrogens with zero attached hydrogens (tertiary/aromatic N) is 1. The van der Waals surface area contributed by atoms with Gasteiger partial charge in [0.15, 0.2) is 0 Å². The Morgan fingerprint density at radius 1 is 1.24 bits per heavy atom. The molecule has 0 aliphatic heterocycles. The van der Waals surface area contributed by atoms with Crippen molar-refractivity contribution in [2.45, 2.75) is 25.9 Å². The normalized spacial score (nSPS) is 12.8. The summed E-state index contributed by atoms with van der Waals surface area (Å²) < 4.78 is 1.13. The van der Waals surface area contributed by atoms with Crippen molar-refractivity contribution in [3.63, 3.8) is 0 Å². The minimum atomic E-state index is 0.412. The standard InChI is InChI=1S/C17H23BrN2S/c1-3-20(13-16-5-4-12-21-16)11-10-17(19-2)14-6-8-15(18)9-7-14/h4-9,12,17,19H,3,10-11,13H2,1-2H3. The van der Waals surface area contributed by atoms with E-state index < -0.39 is 0 Å². The molecule has 2 aromatic rings. The molecule has 4 heteroatoms. The van der Waals surface area contributed by atoms with Gasteiger partial charge in [-0.2, -0.15) is 0 Å². The van der Waals surface area contributed by atoms with E-state index in [1.165, 1.54) is 10.4 Å². The Labute approximate surface area is 140 Å². The molecule has 0 spiro atoms. The Kier molecular flexibility index (Phi) is 6.90. The first-order valence-electron chi connectivity index (χ1n) is 7.40. The van der Waals surface area contributed by atoms with Crippen LogP contribution in [0.15, 0.2) is 46.3 Å². The Bertz CT molecular complexity index is 510. The molecule has 114 valence electrons. The first-order valence-corrected chi connectivity index (χ1v) is 9.07. The topological polar surface area (TPSA) is 15.3 Å². The van der Waals surface area contributed by atoms with E-state index >= 15 is 0 Å². The number of halogens is 1. The average molecular weight is 367 g/mol. The molecule has 1 N–H and O–H groups in total. The lowest BCUT2D eigenvalue weighted by Crippen LogP contribution is -2.27. The minimum Gasteiger partial charge on any atom is -0.313 e. The highest BCUT2D eigenvalue weighted by atomic mass is 79.9. The average Bonchev–Trinajstić information content (AvgIpc) is 3.01. The lowest BCUT2D eigenvalue weighted by molar-refractivity contribution is 0.265. The third kappa shape index (κ3) is 5.22. The summed E-state index contributed by atoms with van der Waals surface area (Å²) in [5.74, 6) is 0. The monoisotopic (exact) mass is 366 g/mol. The molecule has 0 aliphatic carbocycles. The summed E-state index contributed by atoms with van der Waals surface area (Å²) in [6.07, 6.45) is 1.12. The van der Waals surface area contributed by atoms with Crippen LogP contribution in [0.5, 0.6) is 0 Å². The van der Waals surface area contributed by atoms with Crippen LogP contribution in [0.2, 0.25) is 0 Å². The Hall–Kier alpha value is -0.680. The second-order valence-corrected chi connectivity index (χ2v) is 7.08. The van der Waals surface area contributed by atoms with Crippen molar-refractivity contribution in [1.29, 1.82) is 0 Å². The van der Waals surface area contributed by atoms with Gasteiger partial charge in [0.25, 0.3) is 0 Å². The predicted molar refractivity (Wildman–Crippen MR) is 95.8 cm³/mol. The van der Waals surface area contributed by atoms with Crippen molar-refractivity contribution in [1.82, 2.24) is 10.2 Å². The second kappa shape index (κ2) is 8.69. The lowest BCUT2D eigenvalue weighted by Gasteiger charge is -2.23. The molecule has 2 nitrogen and oxygen atoms in total. The minimum absolute atomic E-state index is 0.412. The van der Waals surface area contributed by atoms with E-state index in [4.69, 9.17) is 0 Å². The SMILES string of the molecule is CCN(CCC(NC)c1ccc(Br)cc1)Cc1cccs1. The van der Waals surface area contributed by atoms with E-state index in [-0.39, 0.29) is 0 Å². The number of rotatable bonds is 8. The van der Waals surface area contributed by atoms with Gasteiger partial charge in [0.05, 0.1) is 0 Å². The van der Waals surface area contributed by atoms with Crippen LogP contribution >= 0.6 is 27.3 Å². The van der Waals surface area contributed by atoms with Crippen molar-refractivity contribution in [3.8, 4) is 0 Å². The van der Waals surface area contributed by atoms with Gasteiger partial charge in [0.2, 0.25) is 0 Å². The molecule has 2 rings (SSSR count). The molecule has 0 amide bonds. The fourth-order valence-corrected chi connectivity index (χ4v) is 3.47. The maximum absolute atomic E-state index is 3.50. The largest absolute Gasteiger partial charge is 0.313 e. The summed E-state index contributed by atoms with van der Waals surface area (Å²) in [6, 6.07) is 13.4. The van der Waals surface area contributed by atoms with Gasteiger partial charge in [-0.15, -0.1) is 11.3 Å². The van der Waals surface area contributed by atoms with E-state index in [1.54, 1.807) is 0 Å². The summed E-state index contributed by atoms with van der Waals surface area (Å²) in [5.41, 5.74) is 1.35.